The molecule has 1 aromatic rings. The summed E-state index contributed by atoms with van der Waals surface area (Å²) in [6.45, 7) is 2.14. The summed E-state index contributed by atoms with van der Waals surface area (Å²) in [6.07, 6.45) is 1.70. The van der Waals surface area contributed by atoms with Gasteiger partial charge >= 0.3 is 0 Å². The summed E-state index contributed by atoms with van der Waals surface area (Å²) >= 11 is 7.38. The molecule has 1 aliphatic rings. The number of ether oxygens (including phenoxy) is 1. The van der Waals surface area contributed by atoms with Crippen LogP contribution >= 0.6 is 22.9 Å². The van der Waals surface area contributed by atoms with Gasteiger partial charge in [-0.15, -0.1) is 11.3 Å². The highest BCUT2D eigenvalue weighted by Crippen LogP contribution is 2.32. The summed E-state index contributed by atoms with van der Waals surface area (Å²) in [4.78, 5) is 6.52. The SMILES string of the molecule is CN1CCOC(CN)C1c1ncc(Cl)s1. The molecule has 15 heavy (non-hydrogen) atoms. The minimum Gasteiger partial charge on any atom is -0.373 e. The van der Waals surface area contributed by atoms with Crippen LogP contribution in [-0.4, -0.2) is 42.7 Å². The third-order valence-corrected chi connectivity index (χ3v) is 3.77. The Bertz CT molecular complexity index is 333. The van der Waals surface area contributed by atoms with Crippen molar-refractivity contribution in [2.24, 2.45) is 5.73 Å². The molecule has 2 atom stereocenters. The number of halogens is 1. The maximum Gasteiger partial charge on any atom is 0.114 e. The van der Waals surface area contributed by atoms with Crippen LogP contribution in [0.15, 0.2) is 6.20 Å². The quantitative estimate of drug-likeness (QED) is 0.851. The fourth-order valence-corrected chi connectivity index (χ4v) is 2.96. The molecule has 0 aliphatic carbocycles. The van der Waals surface area contributed by atoms with Crippen LogP contribution in [0.25, 0.3) is 0 Å². The predicted octanol–water partition coefficient (Wildman–Crippen LogP) is 1.13. The Morgan fingerprint density at radius 1 is 1.80 bits per heavy atom. The van der Waals surface area contributed by atoms with Gasteiger partial charge in [-0.3, -0.25) is 4.90 Å². The zero-order chi connectivity index (χ0) is 10.8. The van der Waals surface area contributed by atoms with Gasteiger partial charge in [0, 0.05) is 13.1 Å². The van der Waals surface area contributed by atoms with Crippen LogP contribution in [0.4, 0.5) is 0 Å². The van der Waals surface area contributed by atoms with E-state index in [1.807, 2.05) is 0 Å². The molecule has 6 heteroatoms. The summed E-state index contributed by atoms with van der Waals surface area (Å²) in [5.41, 5.74) is 5.69. The number of morpholine rings is 1. The molecule has 1 saturated heterocycles. The molecule has 4 nitrogen and oxygen atoms in total. The molecular weight excluding hydrogens is 234 g/mol. The molecule has 0 saturated carbocycles. The van der Waals surface area contributed by atoms with E-state index in [2.05, 4.69) is 16.9 Å². The molecule has 0 radical (unpaired) electrons. The van der Waals surface area contributed by atoms with Crippen molar-refractivity contribution in [1.82, 2.24) is 9.88 Å². The van der Waals surface area contributed by atoms with Gasteiger partial charge in [0.2, 0.25) is 0 Å². The van der Waals surface area contributed by atoms with Crippen molar-refractivity contribution in [2.45, 2.75) is 12.1 Å². The number of likely N-dealkylation sites (N-methyl/N-ethyl adjacent to an activating group) is 1. The van der Waals surface area contributed by atoms with Crippen LogP contribution in [0.2, 0.25) is 4.34 Å². The van der Waals surface area contributed by atoms with E-state index in [0.29, 0.717) is 10.9 Å². The van der Waals surface area contributed by atoms with E-state index < -0.39 is 0 Å². The molecular formula is C9H14ClN3OS. The first-order chi connectivity index (χ1) is 7.22. The lowest BCUT2D eigenvalue weighted by Crippen LogP contribution is -2.46. The highest BCUT2D eigenvalue weighted by Gasteiger charge is 2.32. The zero-order valence-corrected chi connectivity index (χ0v) is 10.1. The second-order valence-electron chi connectivity index (χ2n) is 3.57. The van der Waals surface area contributed by atoms with Crippen LogP contribution in [0.1, 0.15) is 11.0 Å². The molecule has 0 spiro atoms. The van der Waals surface area contributed by atoms with Crippen molar-refractivity contribution in [2.75, 3.05) is 26.7 Å². The summed E-state index contributed by atoms with van der Waals surface area (Å²) in [5, 5.41) is 0.984. The molecule has 1 aliphatic heterocycles. The Balaban J connectivity index is 2.22. The Morgan fingerprint density at radius 2 is 2.60 bits per heavy atom. The van der Waals surface area contributed by atoms with Gasteiger partial charge in [0.05, 0.1) is 24.9 Å². The number of aromatic nitrogens is 1. The molecule has 2 unspecified atom stereocenters. The fraction of sp³-hybridized carbons (Fsp3) is 0.667. The fourth-order valence-electron chi connectivity index (χ4n) is 1.81. The molecule has 2 heterocycles. The highest BCUT2D eigenvalue weighted by molar-refractivity contribution is 7.15. The first kappa shape index (κ1) is 11.3. The van der Waals surface area contributed by atoms with Crippen LogP contribution in [0.3, 0.4) is 0 Å². The lowest BCUT2D eigenvalue weighted by Gasteiger charge is -2.37. The number of thiazole rings is 1. The van der Waals surface area contributed by atoms with Crippen LogP contribution in [0, 0.1) is 0 Å². The first-order valence-electron chi connectivity index (χ1n) is 4.85. The van der Waals surface area contributed by atoms with Gasteiger partial charge in [0.15, 0.2) is 0 Å². The highest BCUT2D eigenvalue weighted by atomic mass is 35.5. The van der Waals surface area contributed by atoms with Gasteiger partial charge in [0.25, 0.3) is 0 Å². The van der Waals surface area contributed by atoms with Crippen molar-refractivity contribution in [3.8, 4) is 0 Å². The minimum absolute atomic E-state index is 0.0194. The number of hydrogen-bond acceptors (Lipinski definition) is 5. The lowest BCUT2D eigenvalue weighted by atomic mass is 10.1. The average molecular weight is 248 g/mol. The Morgan fingerprint density at radius 3 is 3.20 bits per heavy atom. The van der Waals surface area contributed by atoms with Crippen molar-refractivity contribution < 1.29 is 4.74 Å². The molecule has 1 aromatic heterocycles. The van der Waals surface area contributed by atoms with E-state index in [9.17, 15) is 0 Å². The van der Waals surface area contributed by atoms with E-state index in [1.54, 1.807) is 6.20 Å². The van der Waals surface area contributed by atoms with Gasteiger partial charge in [0.1, 0.15) is 9.34 Å². The first-order valence-corrected chi connectivity index (χ1v) is 6.05. The van der Waals surface area contributed by atoms with E-state index in [-0.39, 0.29) is 12.1 Å². The zero-order valence-electron chi connectivity index (χ0n) is 8.52. The summed E-state index contributed by atoms with van der Waals surface area (Å²) in [7, 11) is 2.06. The Labute approximate surface area is 98.0 Å². The number of hydrogen-bond donors (Lipinski definition) is 1. The van der Waals surface area contributed by atoms with Gasteiger partial charge < -0.3 is 10.5 Å². The van der Waals surface area contributed by atoms with Crippen molar-refractivity contribution >= 4 is 22.9 Å². The molecule has 2 rings (SSSR count). The third-order valence-electron chi connectivity index (χ3n) is 2.58. The van der Waals surface area contributed by atoms with Gasteiger partial charge in [-0.05, 0) is 7.05 Å². The Hall–Kier alpha value is -0.200. The summed E-state index contributed by atoms with van der Waals surface area (Å²) < 4.78 is 6.34. The standard InChI is InChI=1S/C9H14ClN3OS/c1-13-2-3-14-6(4-11)8(13)9-12-5-7(10)15-9/h5-6,8H,2-4,11H2,1H3. The lowest BCUT2D eigenvalue weighted by molar-refractivity contribution is -0.0576. The average Bonchev–Trinajstić information content (AvgIpc) is 2.64. The minimum atomic E-state index is 0.0194. The van der Waals surface area contributed by atoms with Crippen LogP contribution in [-0.2, 0) is 4.74 Å². The van der Waals surface area contributed by atoms with Crippen LogP contribution < -0.4 is 5.73 Å². The maximum atomic E-state index is 5.88. The van der Waals surface area contributed by atoms with Crippen LogP contribution in [0.5, 0.6) is 0 Å². The summed E-state index contributed by atoms with van der Waals surface area (Å²) in [6, 6.07) is 0.140. The largest absolute Gasteiger partial charge is 0.373 e. The second-order valence-corrected chi connectivity index (χ2v) is 5.27. The van der Waals surface area contributed by atoms with Crippen molar-refractivity contribution in [1.29, 1.82) is 0 Å². The van der Waals surface area contributed by atoms with E-state index in [1.165, 1.54) is 11.3 Å². The maximum absolute atomic E-state index is 5.88. The van der Waals surface area contributed by atoms with E-state index in [4.69, 9.17) is 22.1 Å². The topological polar surface area (TPSA) is 51.4 Å². The van der Waals surface area contributed by atoms with E-state index >= 15 is 0 Å². The second kappa shape index (κ2) is 4.76. The number of nitrogens with two attached hydrogens (primary N) is 1. The molecule has 0 bridgehead atoms. The summed E-state index contributed by atoms with van der Waals surface area (Å²) in [5.74, 6) is 0. The molecule has 0 amide bonds. The molecule has 84 valence electrons. The van der Waals surface area contributed by atoms with Crippen molar-refractivity contribution in [3.63, 3.8) is 0 Å². The number of rotatable bonds is 2. The molecule has 0 aromatic carbocycles. The van der Waals surface area contributed by atoms with Gasteiger partial charge in [-0.25, -0.2) is 4.98 Å². The number of nitrogens with zero attached hydrogens (tertiary/aromatic N) is 2. The predicted molar refractivity (Wildman–Crippen MR) is 61.3 cm³/mol. The monoisotopic (exact) mass is 247 g/mol. The molecule has 2 N–H and O–H groups in total. The smallest absolute Gasteiger partial charge is 0.114 e. The normalized spacial score (nSPS) is 28.2. The van der Waals surface area contributed by atoms with Crippen molar-refractivity contribution in [3.05, 3.63) is 15.5 Å². The Kier molecular flexibility index (Phi) is 3.58. The third kappa shape index (κ3) is 2.32. The van der Waals surface area contributed by atoms with Gasteiger partial charge in [-0.1, -0.05) is 11.6 Å². The van der Waals surface area contributed by atoms with E-state index in [0.717, 1.165) is 18.2 Å². The molecule has 1 fully saturated rings. The van der Waals surface area contributed by atoms with Gasteiger partial charge in [-0.2, -0.15) is 0 Å².